The van der Waals surface area contributed by atoms with Gasteiger partial charge >= 0.3 is 0 Å². The summed E-state index contributed by atoms with van der Waals surface area (Å²) in [7, 11) is 0. The van der Waals surface area contributed by atoms with Crippen LogP contribution in [0.15, 0.2) is 24.3 Å². The predicted octanol–water partition coefficient (Wildman–Crippen LogP) is 2.99. The number of halogens is 2. The van der Waals surface area contributed by atoms with Gasteiger partial charge in [-0.3, -0.25) is 9.59 Å². The molecule has 2 amide bonds. The van der Waals surface area contributed by atoms with Crippen LogP contribution in [0.1, 0.15) is 46.1 Å². The molecule has 1 atom stereocenters. The number of rotatable bonds is 8. The van der Waals surface area contributed by atoms with Gasteiger partial charge in [0.2, 0.25) is 11.8 Å². The third kappa shape index (κ3) is 6.49. The van der Waals surface area contributed by atoms with Crippen molar-refractivity contribution in [2.45, 2.75) is 52.1 Å². The van der Waals surface area contributed by atoms with Crippen molar-refractivity contribution in [3.63, 3.8) is 0 Å². The Kier molecular flexibility index (Phi) is 10.1. The van der Waals surface area contributed by atoms with E-state index in [4.69, 9.17) is 17.3 Å². The molecule has 0 saturated carbocycles. The molecule has 0 aliphatic rings. The van der Waals surface area contributed by atoms with Crippen molar-refractivity contribution in [2.75, 3.05) is 6.54 Å². The van der Waals surface area contributed by atoms with Gasteiger partial charge in [-0.15, -0.1) is 12.4 Å². The minimum atomic E-state index is -0.615. The molecule has 7 heteroatoms. The van der Waals surface area contributed by atoms with Gasteiger partial charge in [0.25, 0.3) is 0 Å². The number of amides is 2. The van der Waals surface area contributed by atoms with Gasteiger partial charge in [0, 0.05) is 5.02 Å². The summed E-state index contributed by atoms with van der Waals surface area (Å²) in [4.78, 5) is 24.2. The van der Waals surface area contributed by atoms with Crippen LogP contribution in [0.5, 0.6) is 0 Å². The van der Waals surface area contributed by atoms with Gasteiger partial charge in [-0.25, -0.2) is 0 Å². The molecule has 0 aliphatic heterocycles. The monoisotopic (exact) mass is 389 g/mol. The van der Waals surface area contributed by atoms with Crippen molar-refractivity contribution in [3.05, 3.63) is 34.9 Å². The van der Waals surface area contributed by atoms with E-state index in [1.54, 1.807) is 0 Å². The summed E-state index contributed by atoms with van der Waals surface area (Å²) in [6, 6.07) is 6.85. The lowest BCUT2D eigenvalue weighted by molar-refractivity contribution is -0.128. The molecule has 0 saturated heterocycles. The van der Waals surface area contributed by atoms with Crippen molar-refractivity contribution in [2.24, 2.45) is 11.7 Å². The average Bonchev–Trinajstić information content (AvgIpc) is 2.57. The van der Waals surface area contributed by atoms with Crippen LogP contribution in [0.3, 0.4) is 0 Å². The van der Waals surface area contributed by atoms with Crippen LogP contribution in [0.25, 0.3) is 0 Å². The lowest BCUT2D eigenvalue weighted by atomic mass is 9.84. The Morgan fingerprint density at radius 2 is 1.68 bits per heavy atom. The highest BCUT2D eigenvalue weighted by Crippen LogP contribution is 2.29. The molecule has 0 spiro atoms. The van der Waals surface area contributed by atoms with Gasteiger partial charge < -0.3 is 16.4 Å². The third-order valence-corrected chi connectivity index (χ3v) is 4.68. The summed E-state index contributed by atoms with van der Waals surface area (Å²) < 4.78 is 0. The quantitative estimate of drug-likeness (QED) is 0.638. The second-order valence-electron chi connectivity index (χ2n) is 6.33. The molecule has 4 N–H and O–H groups in total. The highest BCUT2D eigenvalue weighted by molar-refractivity contribution is 6.30. The van der Waals surface area contributed by atoms with Gasteiger partial charge in [0.05, 0.1) is 18.1 Å². The van der Waals surface area contributed by atoms with Gasteiger partial charge in [-0.2, -0.15) is 0 Å². The second-order valence-corrected chi connectivity index (χ2v) is 6.77. The maximum Gasteiger partial charge on any atom is 0.240 e. The van der Waals surface area contributed by atoms with E-state index in [0.29, 0.717) is 5.02 Å². The summed E-state index contributed by atoms with van der Waals surface area (Å²) in [5.41, 5.74) is 6.29. The zero-order valence-electron chi connectivity index (χ0n) is 15.3. The molecule has 1 rings (SSSR count). The van der Waals surface area contributed by atoms with Crippen molar-refractivity contribution < 1.29 is 9.59 Å². The Hall–Kier alpha value is -1.30. The van der Waals surface area contributed by atoms with Crippen molar-refractivity contribution in [3.8, 4) is 0 Å². The van der Waals surface area contributed by atoms with E-state index < -0.39 is 11.6 Å². The van der Waals surface area contributed by atoms with Gasteiger partial charge in [0.1, 0.15) is 0 Å². The number of hydrogen-bond donors (Lipinski definition) is 3. The molecule has 1 aromatic carbocycles. The van der Waals surface area contributed by atoms with E-state index in [2.05, 4.69) is 10.6 Å². The first-order chi connectivity index (χ1) is 11.3. The van der Waals surface area contributed by atoms with Crippen LogP contribution in [0.2, 0.25) is 5.02 Å². The molecule has 0 radical (unpaired) electrons. The molecule has 5 nitrogen and oxygen atoms in total. The zero-order chi connectivity index (χ0) is 18.3. The van der Waals surface area contributed by atoms with Crippen LogP contribution in [-0.2, 0) is 15.1 Å². The number of nitrogens with two attached hydrogens (primary N) is 1. The van der Waals surface area contributed by atoms with E-state index in [1.165, 1.54) is 0 Å². The second kappa shape index (κ2) is 10.6. The summed E-state index contributed by atoms with van der Waals surface area (Å²) in [5, 5.41) is 6.30. The number of nitrogens with one attached hydrogen (secondary N) is 2. The third-order valence-electron chi connectivity index (χ3n) is 4.43. The number of carbonyl (C=O) groups excluding carboxylic acids is 2. The summed E-state index contributed by atoms with van der Waals surface area (Å²) in [6.07, 6.45) is 1.46. The Labute approximate surface area is 161 Å². The largest absolute Gasteiger partial charge is 0.346 e. The Morgan fingerprint density at radius 1 is 1.16 bits per heavy atom. The minimum absolute atomic E-state index is 0. The molecule has 1 aromatic rings. The fraction of sp³-hybridized carbons (Fsp3) is 0.556. The zero-order valence-corrected chi connectivity index (χ0v) is 16.8. The Morgan fingerprint density at radius 3 is 2.12 bits per heavy atom. The molecule has 25 heavy (non-hydrogen) atoms. The van der Waals surface area contributed by atoms with Crippen molar-refractivity contribution >= 4 is 35.8 Å². The van der Waals surface area contributed by atoms with Crippen LogP contribution >= 0.6 is 24.0 Å². The van der Waals surface area contributed by atoms with Crippen LogP contribution in [0.4, 0.5) is 0 Å². The molecular formula is C18H29Cl2N3O2. The van der Waals surface area contributed by atoms with Crippen molar-refractivity contribution in [1.29, 1.82) is 0 Å². The van der Waals surface area contributed by atoms with Gasteiger partial charge in [0.15, 0.2) is 0 Å². The van der Waals surface area contributed by atoms with Crippen LogP contribution in [-0.4, -0.2) is 24.4 Å². The van der Waals surface area contributed by atoms with E-state index in [9.17, 15) is 9.59 Å². The first-order valence-corrected chi connectivity index (χ1v) is 8.74. The molecule has 142 valence electrons. The summed E-state index contributed by atoms with van der Waals surface area (Å²) in [6.45, 7) is 7.68. The topological polar surface area (TPSA) is 84.2 Å². The molecule has 0 heterocycles. The SMILES string of the molecule is CCC(CC)(NC(=O)CNC(=O)[C@@H](N)C(C)C)c1ccc(Cl)cc1.Cl. The maximum atomic E-state index is 12.3. The summed E-state index contributed by atoms with van der Waals surface area (Å²) >= 11 is 5.95. The van der Waals surface area contributed by atoms with Crippen molar-refractivity contribution in [1.82, 2.24) is 10.6 Å². The lowest BCUT2D eigenvalue weighted by Crippen LogP contribution is -2.51. The van der Waals surface area contributed by atoms with Gasteiger partial charge in [-0.05, 0) is 36.5 Å². The standard InChI is InChI=1S/C18H28ClN3O2.ClH/c1-5-18(6-2,13-7-9-14(19)10-8-13)22-15(23)11-21-17(24)16(20)12(3)4;/h7-10,12,16H,5-6,11,20H2,1-4H3,(H,21,24)(H,22,23);1H/t16-;/m0./s1. The normalized spacial score (nSPS) is 12.3. The van der Waals surface area contributed by atoms with E-state index in [1.807, 2.05) is 52.0 Å². The minimum Gasteiger partial charge on any atom is -0.346 e. The molecule has 0 bridgehead atoms. The first-order valence-electron chi connectivity index (χ1n) is 8.36. The molecule has 0 aromatic heterocycles. The van der Waals surface area contributed by atoms with E-state index in [-0.39, 0.29) is 36.7 Å². The maximum absolute atomic E-state index is 12.3. The molecule has 0 unspecified atom stereocenters. The van der Waals surface area contributed by atoms with E-state index in [0.717, 1.165) is 18.4 Å². The van der Waals surface area contributed by atoms with Crippen LogP contribution < -0.4 is 16.4 Å². The fourth-order valence-corrected chi connectivity index (χ4v) is 2.70. The number of hydrogen-bond acceptors (Lipinski definition) is 3. The highest BCUT2D eigenvalue weighted by Gasteiger charge is 2.30. The van der Waals surface area contributed by atoms with Crippen LogP contribution in [0, 0.1) is 5.92 Å². The number of carbonyl (C=O) groups is 2. The molecule has 0 aliphatic carbocycles. The average molecular weight is 390 g/mol. The Bertz CT molecular complexity index is 558. The molecule has 0 fully saturated rings. The lowest BCUT2D eigenvalue weighted by Gasteiger charge is -2.34. The highest BCUT2D eigenvalue weighted by atomic mass is 35.5. The predicted molar refractivity (Wildman–Crippen MR) is 105 cm³/mol. The van der Waals surface area contributed by atoms with E-state index >= 15 is 0 Å². The number of benzene rings is 1. The fourth-order valence-electron chi connectivity index (χ4n) is 2.58. The first kappa shape index (κ1) is 23.7. The molecular weight excluding hydrogens is 361 g/mol. The summed E-state index contributed by atoms with van der Waals surface area (Å²) in [5.74, 6) is -0.532. The van der Waals surface area contributed by atoms with Gasteiger partial charge in [-0.1, -0.05) is 51.4 Å². The Balaban J connectivity index is 0.00000576. The smallest absolute Gasteiger partial charge is 0.240 e.